The minimum atomic E-state index is 0.101. The van der Waals surface area contributed by atoms with E-state index in [1.165, 1.54) is 0 Å². The van der Waals surface area contributed by atoms with Gasteiger partial charge in [-0.2, -0.15) is 0 Å². The van der Waals surface area contributed by atoms with Crippen LogP contribution in [-0.2, 0) is 0 Å². The van der Waals surface area contributed by atoms with Gasteiger partial charge in [-0.05, 0) is 44.3 Å². The summed E-state index contributed by atoms with van der Waals surface area (Å²) in [4.78, 5) is 16.6. The predicted molar refractivity (Wildman–Crippen MR) is 82.3 cm³/mol. The van der Waals surface area contributed by atoms with Gasteiger partial charge in [-0.3, -0.25) is 9.69 Å². The summed E-state index contributed by atoms with van der Waals surface area (Å²) in [6.45, 7) is 7.49. The van der Waals surface area contributed by atoms with E-state index in [2.05, 4.69) is 23.6 Å². The van der Waals surface area contributed by atoms with Crippen molar-refractivity contribution in [3.63, 3.8) is 0 Å². The molecule has 0 aromatic heterocycles. The molecule has 20 heavy (non-hydrogen) atoms. The number of benzene rings is 1. The SMILES string of the molecule is CC(C)CN(CCN(C)C)CC(=O)c1ccc(O)cc1. The molecule has 1 aromatic rings. The van der Waals surface area contributed by atoms with E-state index in [-0.39, 0.29) is 11.5 Å². The quantitative estimate of drug-likeness (QED) is 0.740. The largest absolute Gasteiger partial charge is 0.508 e. The van der Waals surface area contributed by atoms with Gasteiger partial charge < -0.3 is 10.0 Å². The molecule has 112 valence electrons. The summed E-state index contributed by atoms with van der Waals surface area (Å²) in [7, 11) is 4.07. The molecule has 1 rings (SSSR count). The molecule has 0 atom stereocenters. The van der Waals surface area contributed by atoms with Crippen LogP contribution in [0, 0.1) is 5.92 Å². The molecule has 0 heterocycles. The van der Waals surface area contributed by atoms with Gasteiger partial charge in [0.1, 0.15) is 5.75 Å². The number of aromatic hydroxyl groups is 1. The fourth-order valence-corrected chi connectivity index (χ4v) is 2.03. The summed E-state index contributed by atoms with van der Waals surface area (Å²) in [5.41, 5.74) is 0.654. The lowest BCUT2D eigenvalue weighted by molar-refractivity contribution is 0.0916. The van der Waals surface area contributed by atoms with Gasteiger partial charge >= 0.3 is 0 Å². The van der Waals surface area contributed by atoms with Gasteiger partial charge in [0.15, 0.2) is 5.78 Å². The highest BCUT2D eigenvalue weighted by Crippen LogP contribution is 2.11. The topological polar surface area (TPSA) is 43.8 Å². The Morgan fingerprint density at radius 2 is 1.75 bits per heavy atom. The number of rotatable bonds is 8. The lowest BCUT2D eigenvalue weighted by Crippen LogP contribution is -2.37. The van der Waals surface area contributed by atoms with E-state index >= 15 is 0 Å². The molecule has 0 aliphatic carbocycles. The highest BCUT2D eigenvalue weighted by Gasteiger charge is 2.14. The Bertz CT molecular complexity index is 413. The highest BCUT2D eigenvalue weighted by atomic mass is 16.3. The van der Waals surface area contributed by atoms with Gasteiger partial charge in [-0.25, -0.2) is 0 Å². The smallest absolute Gasteiger partial charge is 0.176 e. The third-order valence-electron chi connectivity index (χ3n) is 3.04. The summed E-state index contributed by atoms with van der Waals surface area (Å²) >= 11 is 0. The Morgan fingerprint density at radius 3 is 2.25 bits per heavy atom. The van der Waals surface area contributed by atoms with Crippen LogP contribution in [0.5, 0.6) is 5.75 Å². The third kappa shape index (κ3) is 6.17. The first-order valence-electron chi connectivity index (χ1n) is 7.07. The van der Waals surface area contributed by atoms with Crippen molar-refractivity contribution in [2.75, 3.05) is 40.3 Å². The van der Waals surface area contributed by atoms with Crippen LogP contribution < -0.4 is 0 Å². The van der Waals surface area contributed by atoms with Gasteiger partial charge in [-0.1, -0.05) is 13.8 Å². The summed E-state index contributed by atoms with van der Waals surface area (Å²) in [6.07, 6.45) is 0. The first-order chi connectivity index (χ1) is 9.38. The monoisotopic (exact) mass is 278 g/mol. The number of likely N-dealkylation sites (N-methyl/N-ethyl adjacent to an activating group) is 1. The van der Waals surface area contributed by atoms with Crippen molar-refractivity contribution in [3.8, 4) is 5.75 Å². The molecule has 0 spiro atoms. The molecule has 0 saturated heterocycles. The first kappa shape index (κ1) is 16.7. The van der Waals surface area contributed by atoms with Crippen LogP contribution in [-0.4, -0.2) is 61.0 Å². The van der Waals surface area contributed by atoms with E-state index < -0.39 is 0 Å². The Hall–Kier alpha value is -1.39. The van der Waals surface area contributed by atoms with Gasteiger partial charge in [0.2, 0.25) is 0 Å². The van der Waals surface area contributed by atoms with Crippen LogP contribution in [0.15, 0.2) is 24.3 Å². The van der Waals surface area contributed by atoms with E-state index in [9.17, 15) is 9.90 Å². The Labute approximate surface area is 122 Å². The fourth-order valence-electron chi connectivity index (χ4n) is 2.03. The number of hydrogen-bond acceptors (Lipinski definition) is 4. The molecule has 0 radical (unpaired) electrons. The van der Waals surface area contributed by atoms with Gasteiger partial charge in [0.05, 0.1) is 6.54 Å². The molecule has 4 nitrogen and oxygen atoms in total. The van der Waals surface area contributed by atoms with Crippen LogP contribution in [0.25, 0.3) is 0 Å². The zero-order chi connectivity index (χ0) is 15.1. The van der Waals surface area contributed by atoms with Crippen molar-refractivity contribution in [1.82, 2.24) is 9.80 Å². The number of phenolic OH excluding ortho intramolecular Hbond substituents is 1. The van der Waals surface area contributed by atoms with E-state index in [4.69, 9.17) is 0 Å². The number of carbonyl (C=O) groups excluding carboxylic acids is 1. The van der Waals surface area contributed by atoms with Gasteiger partial charge in [0.25, 0.3) is 0 Å². The third-order valence-corrected chi connectivity index (χ3v) is 3.04. The van der Waals surface area contributed by atoms with Crippen LogP contribution in [0.1, 0.15) is 24.2 Å². The van der Waals surface area contributed by atoms with Crippen molar-refractivity contribution >= 4 is 5.78 Å². The molecule has 0 aliphatic rings. The summed E-state index contributed by atoms with van der Waals surface area (Å²) < 4.78 is 0. The van der Waals surface area contributed by atoms with Gasteiger partial charge in [0, 0.05) is 25.2 Å². The molecule has 1 N–H and O–H groups in total. The van der Waals surface area contributed by atoms with Crippen molar-refractivity contribution in [2.45, 2.75) is 13.8 Å². The molecule has 0 amide bonds. The highest BCUT2D eigenvalue weighted by molar-refractivity contribution is 5.97. The molecule has 0 aliphatic heterocycles. The van der Waals surface area contributed by atoms with Crippen molar-refractivity contribution in [1.29, 1.82) is 0 Å². The number of nitrogens with zero attached hydrogens (tertiary/aromatic N) is 2. The Kier molecular flexibility index (Phi) is 6.68. The van der Waals surface area contributed by atoms with Crippen molar-refractivity contribution in [2.24, 2.45) is 5.92 Å². The minimum Gasteiger partial charge on any atom is -0.508 e. The number of phenols is 1. The van der Waals surface area contributed by atoms with Crippen LogP contribution in [0.4, 0.5) is 0 Å². The molecule has 0 saturated carbocycles. The number of carbonyl (C=O) groups is 1. The summed E-state index contributed by atoms with van der Waals surface area (Å²) in [6, 6.07) is 6.47. The zero-order valence-electron chi connectivity index (χ0n) is 13.0. The second kappa shape index (κ2) is 8.02. The number of hydrogen-bond donors (Lipinski definition) is 1. The van der Waals surface area contributed by atoms with E-state index in [0.29, 0.717) is 18.0 Å². The van der Waals surface area contributed by atoms with Gasteiger partial charge in [-0.15, -0.1) is 0 Å². The second-order valence-electron chi connectivity index (χ2n) is 5.90. The molecule has 0 fully saturated rings. The Balaban J connectivity index is 2.62. The van der Waals surface area contributed by atoms with E-state index in [0.717, 1.165) is 19.6 Å². The fraction of sp³-hybridized carbons (Fsp3) is 0.562. The second-order valence-corrected chi connectivity index (χ2v) is 5.90. The standard InChI is InChI=1S/C16H26N2O2/c1-13(2)11-18(10-9-17(3)4)12-16(20)14-5-7-15(19)8-6-14/h5-8,13,19H,9-12H2,1-4H3. The van der Waals surface area contributed by atoms with E-state index in [1.54, 1.807) is 24.3 Å². The van der Waals surface area contributed by atoms with Crippen LogP contribution in [0.3, 0.4) is 0 Å². The van der Waals surface area contributed by atoms with Crippen LogP contribution in [0.2, 0.25) is 0 Å². The summed E-state index contributed by atoms with van der Waals surface area (Å²) in [5, 5.41) is 9.26. The molecular weight excluding hydrogens is 252 g/mol. The van der Waals surface area contributed by atoms with Crippen LogP contribution >= 0.6 is 0 Å². The average molecular weight is 278 g/mol. The molecular formula is C16H26N2O2. The number of Topliss-reactive ketones (excluding diaryl/α,β-unsaturated/α-hetero) is 1. The summed E-state index contributed by atoms with van der Waals surface area (Å²) in [5.74, 6) is 0.822. The maximum atomic E-state index is 12.3. The maximum Gasteiger partial charge on any atom is 0.176 e. The Morgan fingerprint density at radius 1 is 1.15 bits per heavy atom. The molecule has 4 heteroatoms. The van der Waals surface area contributed by atoms with Crippen molar-refractivity contribution < 1.29 is 9.90 Å². The minimum absolute atomic E-state index is 0.101. The predicted octanol–water partition coefficient (Wildman–Crippen LogP) is 2.09. The normalized spacial score (nSPS) is 11.6. The molecule has 1 aromatic carbocycles. The molecule has 0 unspecified atom stereocenters. The van der Waals surface area contributed by atoms with E-state index in [1.807, 2.05) is 14.1 Å². The average Bonchev–Trinajstić information content (AvgIpc) is 2.36. The number of ketones is 1. The lowest BCUT2D eigenvalue weighted by Gasteiger charge is -2.25. The molecule has 0 bridgehead atoms. The first-order valence-corrected chi connectivity index (χ1v) is 7.07. The lowest BCUT2D eigenvalue weighted by atomic mass is 10.1. The van der Waals surface area contributed by atoms with Crippen molar-refractivity contribution in [3.05, 3.63) is 29.8 Å². The maximum absolute atomic E-state index is 12.3. The zero-order valence-corrected chi connectivity index (χ0v) is 13.0.